The number of piperazine rings is 1. The van der Waals surface area contributed by atoms with Gasteiger partial charge in [0.2, 0.25) is 5.91 Å². The Balaban J connectivity index is 0.000000243. The zero-order chi connectivity index (χ0) is 25.2. The standard InChI is InChI=1S/C17H19N5O3.C7H5F3/c1-10(23)21-2-4-22(5-3-21)17(24)14-6-11-12-8-25-9-13(12)16(18)20-15(11)7-19-14;8-7(9,10)6-4-2-1-3-5-6/h6-7H,2-5,8-9H2,1H3,(H2,18,20);1-5H. The molecular formula is C24H24F3N5O3. The molecule has 11 heteroatoms. The molecule has 184 valence electrons. The molecule has 0 spiro atoms. The molecule has 2 aliphatic heterocycles. The molecule has 8 nitrogen and oxygen atoms in total. The number of nitrogens with zero attached hydrogens (tertiary/aromatic N) is 4. The molecule has 0 bridgehead atoms. The second-order valence-electron chi connectivity index (χ2n) is 8.20. The minimum atomic E-state index is -4.21. The van der Waals surface area contributed by atoms with Gasteiger partial charge in [-0.3, -0.25) is 9.59 Å². The van der Waals surface area contributed by atoms with E-state index in [0.717, 1.165) is 28.6 Å². The van der Waals surface area contributed by atoms with Gasteiger partial charge in [-0.25, -0.2) is 9.97 Å². The molecule has 2 amide bonds. The van der Waals surface area contributed by atoms with Crippen molar-refractivity contribution in [3.05, 3.63) is 65.0 Å². The fourth-order valence-corrected chi connectivity index (χ4v) is 4.00. The Morgan fingerprint density at radius 2 is 1.63 bits per heavy atom. The highest BCUT2D eigenvalue weighted by atomic mass is 19.4. The van der Waals surface area contributed by atoms with Gasteiger partial charge in [0.25, 0.3) is 5.91 Å². The highest BCUT2D eigenvalue weighted by Gasteiger charge is 2.29. The van der Waals surface area contributed by atoms with Crippen LogP contribution >= 0.6 is 0 Å². The van der Waals surface area contributed by atoms with Crippen molar-refractivity contribution in [3.63, 3.8) is 0 Å². The van der Waals surface area contributed by atoms with Crippen molar-refractivity contribution in [2.24, 2.45) is 0 Å². The molecule has 0 aliphatic carbocycles. The lowest BCUT2D eigenvalue weighted by atomic mass is 10.1. The lowest BCUT2D eigenvalue weighted by Crippen LogP contribution is -2.50. The topological polar surface area (TPSA) is 102 Å². The van der Waals surface area contributed by atoms with E-state index in [1.165, 1.54) is 12.1 Å². The molecule has 1 aromatic carbocycles. The van der Waals surface area contributed by atoms with Crippen molar-refractivity contribution in [3.8, 4) is 0 Å². The second kappa shape index (κ2) is 9.87. The number of benzene rings is 1. The average Bonchev–Trinajstić information content (AvgIpc) is 3.35. The Labute approximate surface area is 199 Å². The summed E-state index contributed by atoms with van der Waals surface area (Å²) in [7, 11) is 0. The normalized spacial score (nSPS) is 15.4. The molecule has 0 radical (unpaired) electrons. The van der Waals surface area contributed by atoms with Gasteiger partial charge in [-0.05, 0) is 11.6 Å². The van der Waals surface area contributed by atoms with Crippen LogP contribution in [0.2, 0.25) is 0 Å². The lowest BCUT2D eigenvalue weighted by Gasteiger charge is -2.34. The molecule has 2 N–H and O–H groups in total. The van der Waals surface area contributed by atoms with Crippen LogP contribution in [0.1, 0.15) is 34.1 Å². The van der Waals surface area contributed by atoms with Crippen LogP contribution in [-0.4, -0.2) is 57.8 Å². The number of pyridine rings is 2. The SMILES string of the molecule is CC(=O)N1CCN(C(=O)c2cc3c4c(c(N)nc3cn2)COC4)CC1.FC(F)(F)c1ccccc1. The van der Waals surface area contributed by atoms with Gasteiger partial charge in [0.05, 0.1) is 30.5 Å². The van der Waals surface area contributed by atoms with E-state index in [4.69, 9.17) is 10.5 Å². The molecule has 3 aromatic rings. The fraction of sp³-hybridized carbons (Fsp3) is 0.333. The van der Waals surface area contributed by atoms with E-state index in [2.05, 4.69) is 9.97 Å². The maximum atomic E-state index is 12.8. The predicted octanol–water partition coefficient (Wildman–Crippen LogP) is 3.25. The van der Waals surface area contributed by atoms with E-state index in [1.807, 2.05) is 0 Å². The first kappa shape index (κ1) is 24.4. The number of aromatic nitrogens is 2. The van der Waals surface area contributed by atoms with Crippen LogP contribution in [0.5, 0.6) is 0 Å². The number of carbonyl (C=O) groups is 2. The van der Waals surface area contributed by atoms with E-state index in [0.29, 0.717) is 56.4 Å². The quantitative estimate of drug-likeness (QED) is 0.566. The first-order chi connectivity index (χ1) is 16.6. The highest BCUT2D eigenvalue weighted by Crippen LogP contribution is 2.31. The smallest absolute Gasteiger partial charge is 0.383 e. The Kier molecular flexibility index (Phi) is 6.88. The van der Waals surface area contributed by atoms with Gasteiger partial charge in [-0.15, -0.1) is 0 Å². The van der Waals surface area contributed by atoms with E-state index in [9.17, 15) is 22.8 Å². The number of hydrogen-bond acceptors (Lipinski definition) is 6. The minimum Gasteiger partial charge on any atom is -0.383 e. The summed E-state index contributed by atoms with van der Waals surface area (Å²) in [4.78, 5) is 36.3. The molecule has 1 fully saturated rings. The van der Waals surface area contributed by atoms with E-state index >= 15 is 0 Å². The summed E-state index contributed by atoms with van der Waals surface area (Å²) in [6, 6.07) is 8.13. The molecular weight excluding hydrogens is 463 g/mol. The number of rotatable bonds is 1. The number of halogens is 3. The van der Waals surface area contributed by atoms with E-state index in [1.54, 1.807) is 35.1 Å². The first-order valence-corrected chi connectivity index (χ1v) is 11.0. The lowest BCUT2D eigenvalue weighted by molar-refractivity contribution is -0.137. The summed E-state index contributed by atoms with van der Waals surface area (Å²) < 4.78 is 40.8. The number of anilines is 1. The fourth-order valence-electron chi connectivity index (χ4n) is 4.00. The molecule has 35 heavy (non-hydrogen) atoms. The van der Waals surface area contributed by atoms with Gasteiger partial charge in [-0.2, -0.15) is 13.2 Å². The number of alkyl halides is 3. The number of hydrogen-bond donors (Lipinski definition) is 1. The van der Waals surface area contributed by atoms with Crippen molar-refractivity contribution in [1.29, 1.82) is 0 Å². The predicted molar refractivity (Wildman–Crippen MR) is 122 cm³/mol. The number of amides is 2. The summed E-state index contributed by atoms with van der Waals surface area (Å²) in [6.45, 7) is 4.59. The Morgan fingerprint density at radius 3 is 2.23 bits per heavy atom. The Morgan fingerprint density at radius 1 is 1.00 bits per heavy atom. The maximum Gasteiger partial charge on any atom is 0.416 e. The molecule has 1 saturated heterocycles. The van der Waals surface area contributed by atoms with Crippen LogP contribution in [0.4, 0.5) is 19.0 Å². The molecule has 0 unspecified atom stereocenters. The number of ether oxygens (including phenoxy) is 1. The van der Waals surface area contributed by atoms with Crippen molar-refractivity contribution >= 4 is 28.5 Å². The summed E-state index contributed by atoms with van der Waals surface area (Å²) >= 11 is 0. The number of fused-ring (bicyclic) bond motifs is 3. The molecule has 2 aromatic heterocycles. The zero-order valence-electron chi connectivity index (χ0n) is 19.0. The maximum absolute atomic E-state index is 12.8. The van der Waals surface area contributed by atoms with E-state index in [-0.39, 0.29) is 11.8 Å². The molecule has 2 aliphatic rings. The van der Waals surface area contributed by atoms with Crippen molar-refractivity contribution < 1.29 is 27.5 Å². The minimum absolute atomic E-state index is 0.0372. The van der Waals surface area contributed by atoms with Gasteiger partial charge in [0.15, 0.2) is 0 Å². The van der Waals surface area contributed by atoms with Crippen LogP contribution < -0.4 is 5.73 Å². The Bertz CT molecular complexity index is 1240. The van der Waals surface area contributed by atoms with Crippen molar-refractivity contribution in [2.75, 3.05) is 31.9 Å². The monoisotopic (exact) mass is 487 g/mol. The van der Waals surface area contributed by atoms with Crippen molar-refractivity contribution in [2.45, 2.75) is 26.3 Å². The largest absolute Gasteiger partial charge is 0.416 e. The van der Waals surface area contributed by atoms with Gasteiger partial charge in [-0.1, -0.05) is 30.3 Å². The van der Waals surface area contributed by atoms with E-state index < -0.39 is 11.7 Å². The zero-order valence-corrected chi connectivity index (χ0v) is 19.0. The van der Waals surface area contributed by atoms with Gasteiger partial charge < -0.3 is 20.3 Å². The number of nitrogen functional groups attached to an aromatic ring is 1. The second-order valence-corrected chi connectivity index (χ2v) is 8.20. The summed E-state index contributed by atoms with van der Waals surface area (Å²) in [5, 5.41) is 0.863. The number of carbonyl (C=O) groups excluding carboxylic acids is 2. The van der Waals surface area contributed by atoms with Gasteiger partial charge in [0.1, 0.15) is 11.5 Å². The van der Waals surface area contributed by atoms with Gasteiger partial charge in [0, 0.05) is 44.1 Å². The first-order valence-electron chi connectivity index (χ1n) is 11.0. The summed E-state index contributed by atoms with van der Waals surface area (Å²) in [5.74, 6) is 0.367. The summed E-state index contributed by atoms with van der Waals surface area (Å²) in [6.07, 6.45) is -2.62. The summed E-state index contributed by atoms with van der Waals surface area (Å²) in [5.41, 5.74) is 8.29. The highest BCUT2D eigenvalue weighted by molar-refractivity contribution is 5.97. The van der Waals surface area contributed by atoms with Crippen LogP contribution in [0.15, 0.2) is 42.6 Å². The Hall–Kier alpha value is -3.73. The van der Waals surface area contributed by atoms with Gasteiger partial charge >= 0.3 is 6.18 Å². The average molecular weight is 487 g/mol. The molecule has 4 heterocycles. The third-order valence-corrected chi connectivity index (χ3v) is 5.95. The third-order valence-electron chi connectivity index (χ3n) is 5.95. The van der Waals surface area contributed by atoms with Crippen LogP contribution in [-0.2, 0) is 28.9 Å². The van der Waals surface area contributed by atoms with Crippen LogP contribution in [0.25, 0.3) is 10.9 Å². The van der Waals surface area contributed by atoms with Crippen LogP contribution in [0, 0.1) is 0 Å². The van der Waals surface area contributed by atoms with Crippen LogP contribution in [0.3, 0.4) is 0 Å². The van der Waals surface area contributed by atoms with Crippen molar-refractivity contribution in [1.82, 2.24) is 19.8 Å². The molecule has 0 saturated carbocycles. The molecule has 0 atom stereocenters. The molecule has 5 rings (SSSR count). The number of nitrogens with two attached hydrogens (primary N) is 1. The third kappa shape index (κ3) is 5.35.